The van der Waals surface area contributed by atoms with Crippen molar-refractivity contribution in [1.29, 1.82) is 0 Å². The zero-order chi connectivity index (χ0) is 9.07. The van der Waals surface area contributed by atoms with E-state index in [1.165, 1.54) is 0 Å². The summed E-state index contributed by atoms with van der Waals surface area (Å²) >= 11 is 0. The third-order valence-corrected chi connectivity index (χ3v) is 0.640. The Morgan fingerprint density at radius 3 is 1.92 bits per heavy atom. The highest BCUT2D eigenvalue weighted by molar-refractivity contribution is 4.25. The fourth-order valence-electron chi connectivity index (χ4n) is 0.298. The molecule has 0 bridgehead atoms. The van der Waals surface area contributed by atoms with Gasteiger partial charge in [0, 0.05) is 6.42 Å². The molecule has 0 saturated heterocycles. The van der Waals surface area contributed by atoms with Crippen molar-refractivity contribution in [2.75, 3.05) is 13.2 Å². The molecule has 0 aliphatic rings. The van der Waals surface area contributed by atoms with E-state index in [9.17, 15) is 0 Å². The second kappa shape index (κ2) is 10.6. The van der Waals surface area contributed by atoms with E-state index in [0.717, 1.165) is 0 Å². The predicted octanol–water partition coefficient (Wildman–Crippen LogP) is 0.0137. The van der Waals surface area contributed by atoms with Crippen LogP contribution in [0.5, 0.6) is 0 Å². The van der Waals surface area contributed by atoms with Crippen molar-refractivity contribution in [3.8, 4) is 0 Å². The van der Waals surface area contributed by atoms with Gasteiger partial charge in [-0.25, -0.2) is 20.3 Å². The van der Waals surface area contributed by atoms with Crippen molar-refractivity contribution in [2.45, 2.75) is 6.42 Å². The molecule has 9 nitrogen and oxygen atoms in total. The highest BCUT2D eigenvalue weighted by Gasteiger charge is 1.92. The zero-order valence-corrected chi connectivity index (χ0v) is 5.87. The normalized spacial score (nSPS) is 10.5. The van der Waals surface area contributed by atoms with Gasteiger partial charge in [-0.2, -0.15) is 0 Å². The van der Waals surface area contributed by atoms with Crippen molar-refractivity contribution < 1.29 is 45.5 Å². The number of hydrogen-bond acceptors (Lipinski definition) is 9. The molecule has 9 heteroatoms. The van der Waals surface area contributed by atoms with E-state index in [-0.39, 0.29) is 13.2 Å². The molecule has 0 rings (SSSR count). The van der Waals surface area contributed by atoms with Crippen LogP contribution < -0.4 is 0 Å². The van der Waals surface area contributed by atoms with Crippen LogP contribution in [-0.2, 0) is 35.0 Å². The molecule has 0 atom stereocenters. The summed E-state index contributed by atoms with van der Waals surface area (Å²) in [5.74, 6) is 0. The summed E-state index contributed by atoms with van der Waals surface area (Å²) in [7, 11) is 0. The standard InChI is InChI=1S/C3H8O9/c4-8-10-6-2-1-3-7-11-12-9-5/h4-5H,1-3H2. The summed E-state index contributed by atoms with van der Waals surface area (Å²) in [5.41, 5.74) is 0. The van der Waals surface area contributed by atoms with Gasteiger partial charge in [0.05, 0.1) is 13.2 Å². The Kier molecular flexibility index (Phi) is 10.3. The van der Waals surface area contributed by atoms with Crippen LogP contribution in [0.4, 0.5) is 0 Å². The molecule has 2 N–H and O–H groups in total. The average Bonchev–Trinajstić information content (AvgIpc) is 2.10. The molecule has 0 radical (unpaired) electrons. The van der Waals surface area contributed by atoms with Gasteiger partial charge < -0.3 is 0 Å². The van der Waals surface area contributed by atoms with E-state index in [1.54, 1.807) is 0 Å². The monoisotopic (exact) mass is 188 g/mol. The van der Waals surface area contributed by atoms with Crippen molar-refractivity contribution in [1.82, 2.24) is 0 Å². The van der Waals surface area contributed by atoms with Crippen LogP contribution in [0.3, 0.4) is 0 Å². The van der Waals surface area contributed by atoms with E-state index in [4.69, 9.17) is 10.5 Å². The molecule has 74 valence electrons. The van der Waals surface area contributed by atoms with Gasteiger partial charge in [-0.1, -0.05) is 0 Å². The lowest BCUT2D eigenvalue weighted by atomic mass is 10.5. The second-order valence-electron chi connectivity index (χ2n) is 1.35. The van der Waals surface area contributed by atoms with Gasteiger partial charge in [0.1, 0.15) is 0 Å². The maximum absolute atomic E-state index is 7.57. The van der Waals surface area contributed by atoms with Gasteiger partial charge in [0.25, 0.3) is 0 Å². The minimum atomic E-state index is 0.0954. The number of rotatable bonds is 9. The second-order valence-corrected chi connectivity index (χ2v) is 1.35. The zero-order valence-electron chi connectivity index (χ0n) is 5.87. The summed E-state index contributed by atoms with van der Waals surface area (Å²) in [6.45, 7) is 0.196. The molecule has 0 spiro atoms. The Bertz CT molecular complexity index is 66.2. The van der Waals surface area contributed by atoms with E-state index >= 15 is 0 Å². The Hall–Kier alpha value is -0.360. The molecule has 0 aromatic heterocycles. The van der Waals surface area contributed by atoms with Crippen molar-refractivity contribution >= 4 is 0 Å². The quantitative estimate of drug-likeness (QED) is 0.294. The topological polar surface area (TPSA) is 105 Å². The third kappa shape index (κ3) is 9.64. The Morgan fingerprint density at radius 2 is 1.33 bits per heavy atom. The van der Waals surface area contributed by atoms with Crippen molar-refractivity contribution in [2.24, 2.45) is 0 Å². The summed E-state index contributed by atoms with van der Waals surface area (Å²) in [4.78, 5) is 8.37. The van der Waals surface area contributed by atoms with Gasteiger partial charge in [-0.3, -0.25) is 0 Å². The summed E-state index contributed by atoms with van der Waals surface area (Å²) in [6.07, 6.45) is 0.373. The average molecular weight is 188 g/mol. The summed E-state index contributed by atoms with van der Waals surface area (Å²) < 4.78 is 0. The molecular formula is C3H8O9. The Labute approximate surface area is 66.4 Å². The lowest BCUT2D eigenvalue weighted by Crippen LogP contribution is -2.02. The van der Waals surface area contributed by atoms with Gasteiger partial charge in [-0.05, 0) is 25.2 Å². The van der Waals surface area contributed by atoms with Crippen LogP contribution >= 0.6 is 0 Å². The SMILES string of the molecule is OOOOCCCOOOOO. The van der Waals surface area contributed by atoms with E-state index in [1.807, 2.05) is 0 Å². The molecule has 0 aromatic carbocycles. The van der Waals surface area contributed by atoms with E-state index < -0.39 is 0 Å². The maximum Gasteiger partial charge on any atom is 0.0878 e. The minimum Gasteiger partial charge on any atom is -0.219 e. The predicted molar refractivity (Wildman–Crippen MR) is 27.2 cm³/mol. The van der Waals surface area contributed by atoms with Gasteiger partial charge in [-0.15, -0.1) is 0 Å². The molecule has 0 fully saturated rings. The molecule has 0 saturated carbocycles. The van der Waals surface area contributed by atoms with Crippen LogP contribution in [0.1, 0.15) is 6.42 Å². The van der Waals surface area contributed by atoms with Gasteiger partial charge in [0.15, 0.2) is 0 Å². The van der Waals surface area contributed by atoms with Gasteiger partial charge in [0.2, 0.25) is 0 Å². The largest absolute Gasteiger partial charge is 0.219 e. The maximum atomic E-state index is 7.57. The molecular weight excluding hydrogens is 180 g/mol. The van der Waals surface area contributed by atoms with Gasteiger partial charge >= 0.3 is 0 Å². The van der Waals surface area contributed by atoms with E-state index in [0.29, 0.717) is 6.42 Å². The van der Waals surface area contributed by atoms with Crippen LogP contribution in [0.25, 0.3) is 0 Å². The lowest BCUT2D eigenvalue weighted by molar-refractivity contribution is -0.702. The smallest absolute Gasteiger partial charge is 0.0878 e. The fourth-order valence-corrected chi connectivity index (χ4v) is 0.298. The van der Waals surface area contributed by atoms with Crippen LogP contribution in [0.2, 0.25) is 0 Å². The molecule has 12 heavy (non-hydrogen) atoms. The highest BCUT2D eigenvalue weighted by atomic mass is 17.8. The first-order chi connectivity index (χ1) is 5.91. The van der Waals surface area contributed by atoms with E-state index in [2.05, 4.69) is 35.0 Å². The first-order valence-electron chi connectivity index (χ1n) is 2.78. The first kappa shape index (κ1) is 11.6. The van der Waals surface area contributed by atoms with Crippen molar-refractivity contribution in [3.63, 3.8) is 0 Å². The van der Waals surface area contributed by atoms with Crippen LogP contribution in [0, 0.1) is 0 Å². The third-order valence-electron chi connectivity index (χ3n) is 0.640. The Morgan fingerprint density at radius 1 is 0.750 bits per heavy atom. The molecule has 0 aliphatic heterocycles. The molecule has 0 heterocycles. The number of hydrogen-bond donors (Lipinski definition) is 2. The fraction of sp³-hybridized carbons (Fsp3) is 1.00. The molecule has 0 amide bonds. The van der Waals surface area contributed by atoms with Crippen LogP contribution in [0.15, 0.2) is 0 Å². The molecule has 0 aromatic rings. The summed E-state index contributed by atoms with van der Waals surface area (Å²) in [6, 6.07) is 0. The minimum absolute atomic E-state index is 0.0954. The summed E-state index contributed by atoms with van der Waals surface area (Å²) in [5, 5.41) is 32.1. The molecule has 0 unspecified atom stereocenters. The Balaban J connectivity index is 2.73. The first-order valence-corrected chi connectivity index (χ1v) is 2.78. The molecule has 0 aliphatic carbocycles. The highest BCUT2D eigenvalue weighted by Crippen LogP contribution is 1.88. The van der Waals surface area contributed by atoms with Crippen LogP contribution in [-0.4, -0.2) is 23.7 Å². The lowest BCUT2D eigenvalue weighted by Gasteiger charge is -1.98. The van der Waals surface area contributed by atoms with Crippen molar-refractivity contribution in [3.05, 3.63) is 0 Å².